The Labute approximate surface area is 129 Å². The molecule has 1 aromatic carbocycles. The Bertz CT molecular complexity index is 635. The molecule has 0 fully saturated rings. The van der Waals surface area contributed by atoms with Gasteiger partial charge in [-0.3, -0.25) is 9.52 Å². The second-order valence-corrected chi connectivity index (χ2v) is 6.99. The first-order valence-electron chi connectivity index (χ1n) is 6.90. The SMILES string of the molecule is CCC(C)NC(=O)C(C)CS(=O)(=O)Nc1ccc(F)cc1F. The molecule has 1 amide bonds. The summed E-state index contributed by atoms with van der Waals surface area (Å²) in [4.78, 5) is 11.8. The van der Waals surface area contributed by atoms with E-state index in [-0.39, 0.29) is 17.6 Å². The Morgan fingerprint density at radius 3 is 2.45 bits per heavy atom. The first kappa shape index (κ1) is 18.3. The molecule has 2 unspecified atom stereocenters. The van der Waals surface area contributed by atoms with Crippen LogP contribution < -0.4 is 10.0 Å². The van der Waals surface area contributed by atoms with Crippen molar-refractivity contribution in [2.45, 2.75) is 33.2 Å². The molecule has 1 aromatic rings. The molecule has 0 spiro atoms. The molecule has 0 radical (unpaired) electrons. The van der Waals surface area contributed by atoms with Gasteiger partial charge in [-0.2, -0.15) is 0 Å². The highest BCUT2D eigenvalue weighted by Gasteiger charge is 2.23. The molecule has 8 heteroatoms. The first-order chi connectivity index (χ1) is 10.1. The third-order valence-corrected chi connectivity index (χ3v) is 4.58. The highest BCUT2D eigenvalue weighted by molar-refractivity contribution is 7.92. The molecule has 0 aromatic heterocycles. The van der Waals surface area contributed by atoms with Crippen molar-refractivity contribution in [2.24, 2.45) is 5.92 Å². The summed E-state index contributed by atoms with van der Waals surface area (Å²) < 4.78 is 52.2. The number of amides is 1. The molecular weight excluding hydrogens is 314 g/mol. The van der Waals surface area contributed by atoms with E-state index in [0.717, 1.165) is 18.6 Å². The van der Waals surface area contributed by atoms with E-state index in [9.17, 15) is 22.0 Å². The van der Waals surface area contributed by atoms with Crippen molar-refractivity contribution < 1.29 is 22.0 Å². The summed E-state index contributed by atoms with van der Waals surface area (Å²) in [6.45, 7) is 5.18. The van der Waals surface area contributed by atoms with Gasteiger partial charge in [0, 0.05) is 12.1 Å². The molecule has 0 aliphatic heterocycles. The summed E-state index contributed by atoms with van der Waals surface area (Å²) in [7, 11) is -3.93. The largest absolute Gasteiger partial charge is 0.353 e. The predicted molar refractivity (Wildman–Crippen MR) is 80.8 cm³/mol. The van der Waals surface area contributed by atoms with Crippen LogP contribution in [0.2, 0.25) is 0 Å². The fourth-order valence-corrected chi connectivity index (χ4v) is 3.07. The van der Waals surface area contributed by atoms with Gasteiger partial charge in [0.25, 0.3) is 0 Å². The third kappa shape index (κ3) is 5.59. The average molecular weight is 334 g/mol. The van der Waals surface area contributed by atoms with E-state index in [1.807, 2.05) is 18.6 Å². The molecule has 124 valence electrons. The number of anilines is 1. The number of carbonyl (C=O) groups is 1. The molecule has 0 aliphatic rings. The van der Waals surface area contributed by atoms with Crippen molar-refractivity contribution >= 4 is 21.6 Å². The lowest BCUT2D eigenvalue weighted by molar-refractivity contribution is -0.124. The number of hydrogen-bond acceptors (Lipinski definition) is 3. The van der Waals surface area contributed by atoms with Gasteiger partial charge in [0.2, 0.25) is 15.9 Å². The lowest BCUT2D eigenvalue weighted by Crippen LogP contribution is -2.39. The number of rotatable bonds is 7. The lowest BCUT2D eigenvalue weighted by Gasteiger charge is -2.17. The van der Waals surface area contributed by atoms with Crippen molar-refractivity contribution in [1.82, 2.24) is 5.32 Å². The van der Waals surface area contributed by atoms with Crippen molar-refractivity contribution in [3.05, 3.63) is 29.8 Å². The van der Waals surface area contributed by atoms with E-state index < -0.39 is 33.3 Å². The van der Waals surface area contributed by atoms with Crippen LogP contribution in [0, 0.1) is 17.6 Å². The number of nitrogens with one attached hydrogen (secondary N) is 2. The number of halogens is 2. The van der Waals surface area contributed by atoms with Crippen LogP contribution in [-0.4, -0.2) is 26.1 Å². The molecule has 0 heterocycles. The number of sulfonamides is 1. The molecule has 22 heavy (non-hydrogen) atoms. The fourth-order valence-electron chi connectivity index (χ4n) is 1.67. The normalized spacial score (nSPS) is 14.2. The number of hydrogen-bond donors (Lipinski definition) is 2. The standard InChI is InChI=1S/C14H20F2N2O3S/c1-4-10(3)17-14(19)9(2)8-22(20,21)18-13-6-5-11(15)7-12(13)16/h5-7,9-10,18H,4,8H2,1-3H3,(H,17,19). The van der Waals surface area contributed by atoms with Gasteiger partial charge >= 0.3 is 0 Å². The smallest absolute Gasteiger partial charge is 0.233 e. The highest BCUT2D eigenvalue weighted by Crippen LogP contribution is 2.17. The molecule has 5 nitrogen and oxygen atoms in total. The first-order valence-corrected chi connectivity index (χ1v) is 8.55. The van der Waals surface area contributed by atoms with Crippen LogP contribution in [-0.2, 0) is 14.8 Å². The van der Waals surface area contributed by atoms with Crippen LogP contribution in [0.3, 0.4) is 0 Å². The quantitative estimate of drug-likeness (QED) is 0.803. The van der Waals surface area contributed by atoms with E-state index in [2.05, 4.69) is 5.32 Å². The average Bonchev–Trinajstić information content (AvgIpc) is 2.41. The molecule has 1 rings (SSSR count). The van der Waals surface area contributed by atoms with Crippen molar-refractivity contribution in [3.63, 3.8) is 0 Å². The van der Waals surface area contributed by atoms with Crippen LogP contribution in [0.1, 0.15) is 27.2 Å². The van der Waals surface area contributed by atoms with Gasteiger partial charge in [-0.05, 0) is 25.5 Å². The highest BCUT2D eigenvalue weighted by atomic mass is 32.2. The Hall–Kier alpha value is -1.70. The molecule has 0 bridgehead atoms. The minimum atomic E-state index is -3.93. The summed E-state index contributed by atoms with van der Waals surface area (Å²) in [5, 5.41) is 2.68. The van der Waals surface area contributed by atoms with Gasteiger partial charge < -0.3 is 5.32 Å². The lowest BCUT2D eigenvalue weighted by atomic mass is 10.2. The topological polar surface area (TPSA) is 75.3 Å². The molecule has 0 saturated heterocycles. The second-order valence-electron chi connectivity index (χ2n) is 5.23. The van der Waals surface area contributed by atoms with E-state index in [4.69, 9.17) is 0 Å². The number of benzene rings is 1. The van der Waals surface area contributed by atoms with Crippen molar-refractivity contribution in [3.8, 4) is 0 Å². The van der Waals surface area contributed by atoms with Gasteiger partial charge in [-0.25, -0.2) is 17.2 Å². The molecule has 2 N–H and O–H groups in total. The van der Waals surface area contributed by atoms with Crippen LogP contribution in [0.4, 0.5) is 14.5 Å². The van der Waals surface area contributed by atoms with Gasteiger partial charge in [0.15, 0.2) is 0 Å². The van der Waals surface area contributed by atoms with Crippen molar-refractivity contribution in [2.75, 3.05) is 10.5 Å². The maximum Gasteiger partial charge on any atom is 0.233 e. The van der Waals surface area contributed by atoms with Gasteiger partial charge in [-0.1, -0.05) is 13.8 Å². The third-order valence-electron chi connectivity index (χ3n) is 3.11. The molecule has 2 atom stereocenters. The summed E-state index contributed by atoms with van der Waals surface area (Å²) in [5.74, 6) is -3.50. The molecule has 0 saturated carbocycles. The minimum Gasteiger partial charge on any atom is -0.353 e. The van der Waals surface area contributed by atoms with E-state index >= 15 is 0 Å². The summed E-state index contributed by atoms with van der Waals surface area (Å²) in [6.07, 6.45) is 0.726. The van der Waals surface area contributed by atoms with Crippen LogP contribution >= 0.6 is 0 Å². The Kier molecular flexibility index (Phi) is 6.28. The minimum absolute atomic E-state index is 0.0554. The summed E-state index contributed by atoms with van der Waals surface area (Å²) in [5.41, 5.74) is -0.351. The van der Waals surface area contributed by atoms with Crippen LogP contribution in [0.25, 0.3) is 0 Å². The van der Waals surface area contributed by atoms with Gasteiger partial charge in [-0.15, -0.1) is 0 Å². The monoisotopic (exact) mass is 334 g/mol. The Morgan fingerprint density at radius 1 is 1.27 bits per heavy atom. The summed E-state index contributed by atoms with van der Waals surface area (Å²) >= 11 is 0. The maximum atomic E-state index is 13.4. The van der Waals surface area contributed by atoms with Crippen molar-refractivity contribution in [1.29, 1.82) is 0 Å². The van der Waals surface area contributed by atoms with Crippen LogP contribution in [0.15, 0.2) is 18.2 Å². The zero-order valence-electron chi connectivity index (χ0n) is 12.7. The van der Waals surface area contributed by atoms with Gasteiger partial charge in [0.05, 0.1) is 17.4 Å². The molecular formula is C14H20F2N2O3S. The van der Waals surface area contributed by atoms with Crippen LogP contribution in [0.5, 0.6) is 0 Å². The predicted octanol–water partition coefficient (Wildman–Crippen LogP) is 2.26. The number of carbonyl (C=O) groups excluding carboxylic acids is 1. The Balaban J connectivity index is 2.72. The van der Waals surface area contributed by atoms with Gasteiger partial charge in [0.1, 0.15) is 11.6 Å². The Morgan fingerprint density at radius 2 is 1.91 bits per heavy atom. The van der Waals surface area contributed by atoms with E-state index in [0.29, 0.717) is 6.07 Å². The van der Waals surface area contributed by atoms with E-state index in [1.54, 1.807) is 0 Å². The fraction of sp³-hybridized carbons (Fsp3) is 0.500. The second kappa shape index (κ2) is 7.53. The zero-order valence-corrected chi connectivity index (χ0v) is 13.5. The molecule has 0 aliphatic carbocycles. The summed E-state index contributed by atoms with van der Waals surface area (Å²) in [6, 6.07) is 2.46. The maximum absolute atomic E-state index is 13.4. The zero-order chi connectivity index (χ0) is 16.9. The van der Waals surface area contributed by atoms with E-state index in [1.165, 1.54) is 6.92 Å².